The number of halogens is 1. The number of carbonyl (C=O) groups is 1. The van der Waals surface area contributed by atoms with E-state index >= 15 is 0 Å². The van der Waals surface area contributed by atoms with Gasteiger partial charge < -0.3 is 5.11 Å². The van der Waals surface area contributed by atoms with Crippen LogP contribution >= 0.6 is 22.9 Å². The van der Waals surface area contributed by atoms with Crippen molar-refractivity contribution in [3.8, 4) is 0 Å². The lowest BCUT2D eigenvalue weighted by molar-refractivity contribution is 0.0696. The number of hydrogen-bond donors (Lipinski definition) is 1. The van der Waals surface area contributed by atoms with E-state index in [4.69, 9.17) is 16.7 Å². The normalized spacial score (nSPS) is 10.5. The Hall–Kier alpha value is -1.39. The van der Waals surface area contributed by atoms with Gasteiger partial charge in [-0.2, -0.15) is 0 Å². The molecular weight excluding hydrogens is 236 g/mol. The van der Waals surface area contributed by atoms with Crippen LogP contribution in [0.2, 0.25) is 5.02 Å². The van der Waals surface area contributed by atoms with E-state index in [1.54, 1.807) is 18.2 Å². The minimum Gasteiger partial charge on any atom is -0.478 e. The predicted molar refractivity (Wildman–Crippen MR) is 60.1 cm³/mol. The molecule has 0 radical (unpaired) electrons. The summed E-state index contributed by atoms with van der Waals surface area (Å²) in [6.45, 7) is 0. The minimum absolute atomic E-state index is 0.213. The van der Waals surface area contributed by atoms with Crippen molar-refractivity contribution >= 4 is 39.0 Å². The summed E-state index contributed by atoms with van der Waals surface area (Å²) in [4.78, 5) is 22.4. The Balaban J connectivity index is 2.92. The maximum absolute atomic E-state index is 11.7. The van der Waals surface area contributed by atoms with E-state index in [1.165, 1.54) is 5.38 Å². The summed E-state index contributed by atoms with van der Waals surface area (Å²) in [6.07, 6.45) is 0. The molecule has 0 saturated carbocycles. The fourth-order valence-corrected chi connectivity index (χ4v) is 2.49. The van der Waals surface area contributed by atoms with Gasteiger partial charge in [-0.15, -0.1) is 11.3 Å². The van der Waals surface area contributed by atoms with Gasteiger partial charge in [0.25, 0.3) is 0 Å². The lowest BCUT2D eigenvalue weighted by Gasteiger charge is -1.99. The monoisotopic (exact) mass is 240 g/mol. The average molecular weight is 241 g/mol. The molecule has 1 aromatic heterocycles. The molecule has 0 atom stereocenters. The zero-order chi connectivity index (χ0) is 11.0. The average Bonchev–Trinajstić information content (AvgIpc) is 2.19. The van der Waals surface area contributed by atoms with E-state index < -0.39 is 11.4 Å². The van der Waals surface area contributed by atoms with Gasteiger partial charge in [0.15, 0.2) is 0 Å². The molecule has 2 rings (SSSR count). The van der Waals surface area contributed by atoms with Crippen LogP contribution in [-0.4, -0.2) is 11.1 Å². The van der Waals surface area contributed by atoms with Crippen LogP contribution in [0.4, 0.5) is 0 Å². The number of fused-ring (bicyclic) bond motifs is 1. The van der Waals surface area contributed by atoms with E-state index in [1.807, 2.05) is 0 Å². The van der Waals surface area contributed by atoms with Crippen LogP contribution in [-0.2, 0) is 0 Å². The standard InChI is InChI=1S/C10H5ClO3S/c11-7-3-1-2-5-8(12)6(10(13)14)4-15-9(5)7/h1-4H,(H,13,14). The largest absolute Gasteiger partial charge is 0.478 e. The molecule has 15 heavy (non-hydrogen) atoms. The van der Waals surface area contributed by atoms with Crippen LogP contribution in [0.1, 0.15) is 10.4 Å². The van der Waals surface area contributed by atoms with Crippen molar-refractivity contribution < 1.29 is 9.90 Å². The van der Waals surface area contributed by atoms with Gasteiger partial charge in [-0.05, 0) is 12.1 Å². The maximum atomic E-state index is 11.7. The molecule has 1 N–H and O–H groups in total. The van der Waals surface area contributed by atoms with Crippen LogP contribution in [0.25, 0.3) is 10.1 Å². The second kappa shape index (κ2) is 3.64. The third kappa shape index (κ3) is 1.62. The van der Waals surface area contributed by atoms with Crippen LogP contribution in [0.5, 0.6) is 0 Å². The van der Waals surface area contributed by atoms with Gasteiger partial charge in [-0.3, -0.25) is 4.79 Å². The first kappa shape index (κ1) is 10.1. The van der Waals surface area contributed by atoms with E-state index in [0.717, 1.165) is 11.3 Å². The summed E-state index contributed by atoms with van der Waals surface area (Å²) in [6, 6.07) is 4.87. The van der Waals surface area contributed by atoms with Crippen LogP contribution in [0, 0.1) is 0 Å². The summed E-state index contributed by atoms with van der Waals surface area (Å²) in [5.74, 6) is -1.21. The zero-order valence-electron chi connectivity index (χ0n) is 7.36. The minimum atomic E-state index is -1.21. The molecule has 0 spiro atoms. The second-order valence-electron chi connectivity index (χ2n) is 2.90. The molecule has 2 aromatic rings. The maximum Gasteiger partial charge on any atom is 0.340 e. The highest BCUT2D eigenvalue weighted by atomic mass is 35.5. The van der Waals surface area contributed by atoms with Crippen molar-refractivity contribution in [1.82, 2.24) is 0 Å². The summed E-state index contributed by atoms with van der Waals surface area (Å²) >= 11 is 7.04. The summed E-state index contributed by atoms with van der Waals surface area (Å²) in [7, 11) is 0. The van der Waals surface area contributed by atoms with Crippen LogP contribution in [0.15, 0.2) is 28.4 Å². The Morgan fingerprint density at radius 2 is 2.13 bits per heavy atom. The second-order valence-corrected chi connectivity index (χ2v) is 4.19. The van der Waals surface area contributed by atoms with Gasteiger partial charge >= 0.3 is 5.97 Å². The van der Waals surface area contributed by atoms with Crippen molar-refractivity contribution in [3.05, 3.63) is 44.4 Å². The van der Waals surface area contributed by atoms with Gasteiger partial charge in [0, 0.05) is 10.8 Å². The van der Waals surface area contributed by atoms with Crippen molar-refractivity contribution in [3.63, 3.8) is 0 Å². The summed E-state index contributed by atoms with van der Waals surface area (Å²) in [5, 5.41) is 10.9. The SMILES string of the molecule is O=C(O)c1csc2c(Cl)cccc2c1=O. The Labute approximate surface area is 93.5 Å². The first-order valence-electron chi connectivity index (χ1n) is 4.04. The molecule has 1 aromatic carbocycles. The Morgan fingerprint density at radius 1 is 1.40 bits per heavy atom. The van der Waals surface area contributed by atoms with E-state index in [-0.39, 0.29) is 5.56 Å². The number of carboxylic acids is 1. The van der Waals surface area contributed by atoms with Crippen molar-refractivity contribution in [1.29, 1.82) is 0 Å². The van der Waals surface area contributed by atoms with Crippen LogP contribution in [0.3, 0.4) is 0 Å². The lowest BCUT2D eigenvalue weighted by atomic mass is 10.2. The molecule has 0 aliphatic rings. The Bertz CT molecular complexity index is 603. The van der Waals surface area contributed by atoms with Crippen molar-refractivity contribution in [2.75, 3.05) is 0 Å². The highest BCUT2D eigenvalue weighted by molar-refractivity contribution is 7.17. The first-order valence-corrected chi connectivity index (χ1v) is 5.30. The third-order valence-electron chi connectivity index (χ3n) is 1.98. The van der Waals surface area contributed by atoms with Gasteiger partial charge in [-0.1, -0.05) is 17.7 Å². The van der Waals surface area contributed by atoms with Gasteiger partial charge in [0.1, 0.15) is 5.56 Å². The quantitative estimate of drug-likeness (QED) is 0.834. The molecular formula is C10H5ClO3S. The molecule has 76 valence electrons. The molecule has 5 heteroatoms. The molecule has 0 fully saturated rings. The smallest absolute Gasteiger partial charge is 0.340 e. The highest BCUT2D eigenvalue weighted by Gasteiger charge is 2.12. The van der Waals surface area contributed by atoms with Crippen LogP contribution < -0.4 is 5.43 Å². The number of aromatic carboxylic acids is 1. The number of benzene rings is 1. The number of rotatable bonds is 1. The van der Waals surface area contributed by atoms with Crippen molar-refractivity contribution in [2.24, 2.45) is 0 Å². The molecule has 0 saturated heterocycles. The van der Waals surface area contributed by atoms with E-state index in [2.05, 4.69) is 0 Å². The van der Waals surface area contributed by atoms with Gasteiger partial charge in [0.05, 0.1) is 9.72 Å². The summed E-state index contributed by atoms with van der Waals surface area (Å²) in [5.41, 5.74) is -0.700. The lowest BCUT2D eigenvalue weighted by Crippen LogP contribution is -2.13. The molecule has 1 heterocycles. The molecule has 0 unspecified atom stereocenters. The number of hydrogen-bond acceptors (Lipinski definition) is 3. The molecule has 0 aliphatic carbocycles. The Morgan fingerprint density at radius 3 is 2.80 bits per heavy atom. The zero-order valence-corrected chi connectivity index (χ0v) is 8.93. The van der Waals surface area contributed by atoms with E-state index in [9.17, 15) is 9.59 Å². The molecule has 3 nitrogen and oxygen atoms in total. The van der Waals surface area contributed by atoms with Gasteiger partial charge in [0.2, 0.25) is 5.43 Å². The predicted octanol–water partition coefficient (Wildman–Crippen LogP) is 2.61. The Kier molecular flexibility index (Phi) is 2.46. The fraction of sp³-hybridized carbons (Fsp3) is 0. The molecule has 0 aliphatic heterocycles. The molecule has 0 bridgehead atoms. The fourth-order valence-electron chi connectivity index (χ4n) is 1.27. The van der Waals surface area contributed by atoms with E-state index in [0.29, 0.717) is 15.1 Å². The first-order chi connectivity index (χ1) is 7.11. The van der Waals surface area contributed by atoms with Gasteiger partial charge in [-0.25, -0.2) is 4.79 Å². The topological polar surface area (TPSA) is 54.4 Å². The van der Waals surface area contributed by atoms with Crippen molar-refractivity contribution in [2.45, 2.75) is 0 Å². The summed E-state index contributed by atoms with van der Waals surface area (Å²) < 4.78 is 0.620. The number of carboxylic acid groups (broad SMARTS) is 1. The third-order valence-corrected chi connectivity index (χ3v) is 3.44. The highest BCUT2D eigenvalue weighted by Crippen LogP contribution is 2.25. The molecule has 0 amide bonds.